The Morgan fingerprint density at radius 1 is 0.623 bits per heavy atom. The average Bonchev–Trinajstić information content (AvgIpc) is 3.02. The lowest BCUT2D eigenvalue weighted by Gasteiger charge is -2.33. The van der Waals surface area contributed by atoms with E-state index in [9.17, 15) is 59.1 Å². The second kappa shape index (κ2) is 26.0. The van der Waals surface area contributed by atoms with Crippen molar-refractivity contribution in [3.05, 3.63) is 0 Å². The van der Waals surface area contributed by atoms with E-state index >= 15 is 0 Å². The number of amides is 1. The molecular weight excluding hydrogens is 702 g/mol. The standard InChI is InChI=1S/C36H61NO16/c1-6-7-10-21(3)34(53-33(47)18-25(36(50)51)16-31(44)45)29(52-32(46)17-24(35(48)49)15-30(42)43)14-20(2)13-26(39)11-8-9-12-27(40)19-28(41)22(4)37-23(5)38/h20-22,24-29,34,39-41H,6-19H2,1-5H3,(H,37,38)(H,42,43)(H,44,45)(H,48,49)(H,50,51). The minimum atomic E-state index is -1.60. The summed E-state index contributed by atoms with van der Waals surface area (Å²) in [7, 11) is 0. The molecule has 0 rings (SSSR count). The van der Waals surface area contributed by atoms with Gasteiger partial charge >= 0.3 is 35.8 Å². The van der Waals surface area contributed by atoms with E-state index in [-0.39, 0.29) is 31.1 Å². The van der Waals surface area contributed by atoms with Gasteiger partial charge in [-0.05, 0) is 50.9 Å². The lowest BCUT2D eigenvalue weighted by molar-refractivity contribution is -0.177. The van der Waals surface area contributed by atoms with Crippen molar-refractivity contribution in [2.75, 3.05) is 0 Å². The molecule has 0 aromatic carbocycles. The minimum Gasteiger partial charge on any atom is -0.481 e. The smallest absolute Gasteiger partial charge is 0.307 e. The molecule has 0 saturated carbocycles. The van der Waals surface area contributed by atoms with Crippen LogP contribution in [0, 0.1) is 23.7 Å². The van der Waals surface area contributed by atoms with Crippen molar-refractivity contribution in [2.45, 2.75) is 161 Å². The van der Waals surface area contributed by atoms with Crippen molar-refractivity contribution < 1.29 is 78.8 Å². The molecule has 0 aliphatic heterocycles. The van der Waals surface area contributed by atoms with Crippen molar-refractivity contribution in [1.82, 2.24) is 5.32 Å². The Bertz CT molecular complexity index is 1180. The van der Waals surface area contributed by atoms with Gasteiger partial charge in [0, 0.05) is 13.3 Å². The van der Waals surface area contributed by atoms with Crippen molar-refractivity contribution in [2.24, 2.45) is 23.7 Å². The van der Waals surface area contributed by atoms with Gasteiger partial charge in [-0.1, -0.05) is 46.5 Å². The average molecular weight is 764 g/mol. The lowest BCUT2D eigenvalue weighted by atomic mass is 9.87. The van der Waals surface area contributed by atoms with Crippen molar-refractivity contribution in [1.29, 1.82) is 0 Å². The van der Waals surface area contributed by atoms with E-state index in [4.69, 9.17) is 19.7 Å². The first-order valence-electron chi connectivity index (χ1n) is 18.3. The maximum atomic E-state index is 13.1. The Kier molecular flexibility index (Phi) is 24.1. The molecule has 53 heavy (non-hydrogen) atoms. The number of carboxylic acids is 4. The highest BCUT2D eigenvalue weighted by Crippen LogP contribution is 2.29. The normalized spacial score (nSPS) is 17.1. The SMILES string of the molecule is CCCCC(C)C(OC(=O)CC(CC(=O)O)C(=O)O)C(CC(C)CC(O)CCCCC(O)CC(O)C(C)NC(C)=O)OC(=O)CC(CC(=O)O)C(=O)O. The third kappa shape index (κ3) is 22.8. The number of carboxylic acid groups (broad SMARTS) is 4. The monoisotopic (exact) mass is 763 g/mol. The molecule has 0 fully saturated rings. The summed E-state index contributed by atoms with van der Waals surface area (Å²) in [5, 5.41) is 71.0. The fourth-order valence-electron chi connectivity index (χ4n) is 6.09. The first-order chi connectivity index (χ1) is 24.7. The summed E-state index contributed by atoms with van der Waals surface area (Å²) in [5.41, 5.74) is 0. The summed E-state index contributed by atoms with van der Waals surface area (Å²) in [4.78, 5) is 83.0. The van der Waals surface area contributed by atoms with Crippen LogP contribution in [0.1, 0.15) is 125 Å². The number of aliphatic hydroxyl groups excluding tert-OH is 3. The third-order valence-electron chi connectivity index (χ3n) is 9.01. The zero-order chi connectivity index (χ0) is 40.8. The molecule has 0 spiro atoms. The van der Waals surface area contributed by atoms with Crippen LogP contribution in [0.3, 0.4) is 0 Å². The van der Waals surface area contributed by atoms with E-state index in [1.54, 1.807) is 20.8 Å². The van der Waals surface area contributed by atoms with Gasteiger partial charge in [0.15, 0.2) is 0 Å². The van der Waals surface area contributed by atoms with Gasteiger partial charge in [0.25, 0.3) is 0 Å². The van der Waals surface area contributed by atoms with Crippen LogP contribution in [0.4, 0.5) is 0 Å². The number of esters is 2. The summed E-state index contributed by atoms with van der Waals surface area (Å²) < 4.78 is 11.4. The molecule has 0 aliphatic carbocycles. The topological polar surface area (TPSA) is 292 Å². The second-order valence-corrected chi connectivity index (χ2v) is 14.2. The van der Waals surface area contributed by atoms with Crippen LogP contribution in [0.25, 0.3) is 0 Å². The molecule has 0 aromatic heterocycles. The predicted molar refractivity (Wildman–Crippen MR) is 187 cm³/mol. The summed E-state index contributed by atoms with van der Waals surface area (Å²) in [6.07, 6.45) is -4.36. The van der Waals surface area contributed by atoms with Crippen LogP contribution in [0.2, 0.25) is 0 Å². The van der Waals surface area contributed by atoms with Crippen LogP contribution < -0.4 is 5.32 Å². The number of carbonyl (C=O) groups excluding carboxylic acids is 3. The van der Waals surface area contributed by atoms with Crippen LogP contribution in [0.15, 0.2) is 0 Å². The summed E-state index contributed by atoms with van der Waals surface area (Å²) in [6.45, 7) is 8.35. The van der Waals surface area contributed by atoms with Gasteiger partial charge in [-0.3, -0.25) is 33.6 Å². The Hall–Kier alpha value is -3.83. The number of aliphatic hydroxyl groups is 3. The minimum absolute atomic E-state index is 0.00838. The lowest BCUT2D eigenvalue weighted by Crippen LogP contribution is -2.42. The van der Waals surface area contributed by atoms with Gasteiger partial charge in [0.2, 0.25) is 5.91 Å². The van der Waals surface area contributed by atoms with Gasteiger partial charge in [0.05, 0.1) is 61.9 Å². The molecule has 17 heteroatoms. The fourth-order valence-corrected chi connectivity index (χ4v) is 6.09. The third-order valence-corrected chi connectivity index (χ3v) is 9.01. The van der Waals surface area contributed by atoms with E-state index in [2.05, 4.69) is 5.32 Å². The number of rotatable bonds is 30. The predicted octanol–water partition coefficient (Wildman–Crippen LogP) is 2.74. The molecule has 10 unspecified atom stereocenters. The van der Waals surface area contributed by atoms with Gasteiger partial charge < -0.3 is 50.5 Å². The van der Waals surface area contributed by atoms with E-state index in [0.717, 1.165) is 6.42 Å². The number of carbonyl (C=O) groups is 7. The zero-order valence-electron chi connectivity index (χ0n) is 31.5. The molecule has 17 nitrogen and oxygen atoms in total. The Labute approximate surface area is 310 Å². The first kappa shape index (κ1) is 49.2. The Morgan fingerprint density at radius 2 is 1.09 bits per heavy atom. The van der Waals surface area contributed by atoms with Crippen LogP contribution >= 0.6 is 0 Å². The van der Waals surface area contributed by atoms with E-state index in [0.29, 0.717) is 38.5 Å². The van der Waals surface area contributed by atoms with Gasteiger partial charge in [-0.25, -0.2) is 0 Å². The molecule has 1 amide bonds. The van der Waals surface area contributed by atoms with Gasteiger partial charge in [0.1, 0.15) is 12.2 Å². The van der Waals surface area contributed by atoms with Crippen LogP contribution in [0.5, 0.6) is 0 Å². The van der Waals surface area contributed by atoms with Crippen LogP contribution in [-0.2, 0) is 43.0 Å². The molecule has 0 radical (unpaired) electrons. The number of ether oxygens (including phenoxy) is 2. The van der Waals surface area contributed by atoms with Crippen molar-refractivity contribution in [3.63, 3.8) is 0 Å². The maximum absolute atomic E-state index is 13.1. The number of nitrogens with one attached hydrogen (secondary N) is 1. The van der Waals surface area contributed by atoms with Crippen LogP contribution in [-0.4, -0.2) is 114 Å². The molecule has 0 bridgehead atoms. The fraction of sp³-hybridized carbons (Fsp3) is 0.806. The van der Waals surface area contributed by atoms with Gasteiger partial charge in [-0.15, -0.1) is 0 Å². The second-order valence-electron chi connectivity index (χ2n) is 14.2. The molecule has 8 N–H and O–H groups in total. The largest absolute Gasteiger partial charge is 0.481 e. The summed E-state index contributed by atoms with van der Waals surface area (Å²) in [5.74, 6) is -12.4. The molecule has 306 valence electrons. The molecule has 0 aromatic rings. The number of aliphatic carboxylic acids is 4. The Balaban J connectivity index is 5.90. The summed E-state index contributed by atoms with van der Waals surface area (Å²) >= 11 is 0. The first-order valence-corrected chi connectivity index (χ1v) is 18.3. The number of hydrogen-bond donors (Lipinski definition) is 8. The van der Waals surface area contributed by atoms with Gasteiger partial charge in [-0.2, -0.15) is 0 Å². The molecule has 0 aliphatic rings. The molecular formula is C36H61NO16. The number of unbranched alkanes of at least 4 members (excludes halogenated alkanes) is 2. The number of hydrogen-bond acceptors (Lipinski definition) is 12. The van der Waals surface area contributed by atoms with Crippen molar-refractivity contribution >= 4 is 41.7 Å². The molecule has 10 atom stereocenters. The molecule has 0 heterocycles. The highest BCUT2D eigenvalue weighted by atomic mass is 16.6. The van der Waals surface area contributed by atoms with E-state index in [1.807, 2.05) is 6.92 Å². The Morgan fingerprint density at radius 3 is 1.53 bits per heavy atom. The highest BCUT2D eigenvalue weighted by molar-refractivity contribution is 5.84. The maximum Gasteiger partial charge on any atom is 0.307 e. The quantitative estimate of drug-likeness (QED) is 0.0385. The van der Waals surface area contributed by atoms with E-state index < -0.39 is 116 Å². The molecule has 0 saturated heterocycles. The van der Waals surface area contributed by atoms with Crippen molar-refractivity contribution in [3.8, 4) is 0 Å². The highest BCUT2D eigenvalue weighted by Gasteiger charge is 2.37. The zero-order valence-corrected chi connectivity index (χ0v) is 31.5. The van der Waals surface area contributed by atoms with E-state index in [1.165, 1.54) is 6.92 Å². The summed E-state index contributed by atoms with van der Waals surface area (Å²) in [6, 6.07) is -0.534.